The molecule has 0 radical (unpaired) electrons. The van der Waals surface area contributed by atoms with Crippen molar-refractivity contribution in [3.8, 4) is 11.1 Å². The Bertz CT molecular complexity index is 1640. The SMILES string of the molecule is O=C(On1cnc2c(NCCc3cc(Cl)c4ccnnc4c3-c3cncc(F)c3)ncnc21)C(F)(F)F. The zero-order valence-electron chi connectivity index (χ0n) is 18.4. The van der Waals surface area contributed by atoms with E-state index in [2.05, 4.69) is 40.3 Å². The van der Waals surface area contributed by atoms with E-state index in [1.807, 2.05) is 0 Å². The fourth-order valence-electron chi connectivity index (χ4n) is 3.70. The van der Waals surface area contributed by atoms with Gasteiger partial charge in [-0.25, -0.2) is 24.1 Å². The summed E-state index contributed by atoms with van der Waals surface area (Å²) in [7, 11) is 0. The third-order valence-electron chi connectivity index (χ3n) is 5.23. The summed E-state index contributed by atoms with van der Waals surface area (Å²) < 4.78 is 52.2. The maximum atomic E-state index is 14.0. The maximum absolute atomic E-state index is 14.0. The fraction of sp³-hybridized carbons (Fsp3) is 0.136. The number of nitrogens with one attached hydrogen (secondary N) is 1. The molecule has 0 aliphatic heterocycles. The van der Waals surface area contributed by atoms with Gasteiger partial charge in [0.1, 0.15) is 24.0 Å². The molecule has 4 heterocycles. The highest BCUT2D eigenvalue weighted by Gasteiger charge is 2.42. The first kappa shape index (κ1) is 24.2. The number of nitrogens with zero attached hydrogens (tertiary/aromatic N) is 7. The lowest BCUT2D eigenvalue weighted by Crippen LogP contribution is -2.33. The molecule has 5 rings (SSSR count). The van der Waals surface area contributed by atoms with E-state index < -0.39 is 18.0 Å². The van der Waals surface area contributed by atoms with Gasteiger partial charge < -0.3 is 10.2 Å². The molecule has 0 bridgehead atoms. The molecule has 0 saturated heterocycles. The van der Waals surface area contributed by atoms with Gasteiger partial charge in [0.2, 0.25) is 5.65 Å². The van der Waals surface area contributed by atoms with E-state index in [0.717, 1.165) is 18.9 Å². The second-order valence-corrected chi connectivity index (χ2v) is 8.00. The van der Waals surface area contributed by atoms with Gasteiger partial charge in [0.25, 0.3) is 0 Å². The largest absolute Gasteiger partial charge is 0.493 e. The Kier molecular flexibility index (Phi) is 6.25. The molecule has 0 aliphatic carbocycles. The number of benzene rings is 1. The number of carbonyl (C=O) groups excluding carboxylic acids is 1. The second-order valence-electron chi connectivity index (χ2n) is 7.60. The molecule has 0 fully saturated rings. The molecule has 5 aromatic rings. The van der Waals surface area contributed by atoms with Crippen molar-refractivity contribution in [3.05, 3.63) is 65.8 Å². The van der Waals surface area contributed by atoms with Crippen LogP contribution < -0.4 is 10.2 Å². The van der Waals surface area contributed by atoms with E-state index >= 15 is 0 Å². The molecule has 15 heteroatoms. The molecule has 188 valence electrons. The highest BCUT2D eigenvalue weighted by molar-refractivity contribution is 6.36. The van der Waals surface area contributed by atoms with Crippen molar-refractivity contribution >= 4 is 45.5 Å². The van der Waals surface area contributed by atoms with Gasteiger partial charge in [-0.1, -0.05) is 11.6 Å². The third kappa shape index (κ3) is 4.82. The topological polar surface area (TPSA) is 121 Å². The van der Waals surface area contributed by atoms with Gasteiger partial charge in [0, 0.05) is 29.3 Å². The Labute approximate surface area is 209 Å². The minimum Gasteiger partial charge on any atom is -0.368 e. The normalized spacial score (nSPS) is 11.7. The molecule has 0 spiro atoms. The number of rotatable bonds is 6. The van der Waals surface area contributed by atoms with Crippen molar-refractivity contribution in [2.45, 2.75) is 12.6 Å². The summed E-state index contributed by atoms with van der Waals surface area (Å²) in [6.45, 7) is 0.249. The van der Waals surface area contributed by atoms with Crippen LogP contribution in [0.1, 0.15) is 5.56 Å². The predicted octanol–water partition coefficient (Wildman–Crippen LogP) is 3.80. The molecule has 4 aromatic heterocycles. The average Bonchev–Trinajstić information content (AvgIpc) is 3.27. The predicted molar refractivity (Wildman–Crippen MR) is 123 cm³/mol. The highest BCUT2D eigenvalue weighted by Crippen LogP contribution is 2.35. The van der Waals surface area contributed by atoms with E-state index in [0.29, 0.717) is 43.8 Å². The van der Waals surface area contributed by atoms with Crippen molar-refractivity contribution in [2.24, 2.45) is 0 Å². The van der Waals surface area contributed by atoms with Gasteiger partial charge in [-0.05, 0) is 30.2 Å². The van der Waals surface area contributed by atoms with Crippen molar-refractivity contribution < 1.29 is 27.2 Å². The first-order chi connectivity index (χ1) is 17.7. The Morgan fingerprint density at radius 3 is 2.76 bits per heavy atom. The molecular weight excluding hydrogens is 520 g/mol. The average molecular weight is 533 g/mol. The zero-order valence-corrected chi connectivity index (χ0v) is 19.1. The molecule has 1 N–H and O–H groups in total. The number of alkyl halides is 3. The Balaban J connectivity index is 1.44. The summed E-state index contributed by atoms with van der Waals surface area (Å²) in [6, 6.07) is 4.75. The van der Waals surface area contributed by atoms with Crippen molar-refractivity contribution in [3.63, 3.8) is 0 Å². The first-order valence-corrected chi connectivity index (χ1v) is 10.9. The molecule has 0 saturated carbocycles. The Morgan fingerprint density at radius 1 is 1.14 bits per heavy atom. The second kappa shape index (κ2) is 9.54. The number of pyridine rings is 1. The Morgan fingerprint density at radius 2 is 1.97 bits per heavy atom. The monoisotopic (exact) mass is 532 g/mol. The number of anilines is 1. The van der Waals surface area contributed by atoms with E-state index in [9.17, 15) is 22.4 Å². The lowest BCUT2D eigenvalue weighted by atomic mass is 9.95. The van der Waals surface area contributed by atoms with Crippen LogP contribution in [0.15, 0.2) is 49.4 Å². The van der Waals surface area contributed by atoms with Crippen LogP contribution in [0, 0.1) is 5.82 Å². The van der Waals surface area contributed by atoms with E-state index in [1.54, 1.807) is 12.1 Å². The van der Waals surface area contributed by atoms with Crippen molar-refractivity contribution in [1.29, 1.82) is 0 Å². The third-order valence-corrected chi connectivity index (χ3v) is 5.55. The lowest BCUT2D eigenvalue weighted by Gasteiger charge is -2.14. The van der Waals surface area contributed by atoms with Crippen LogP contribution >= 0.6 is 11.6 Å². The van der Waals surface area contributed by atoms with E-state index in [-0.39, 0.29) is 23.5 Å². The summed E-state index contributed by atoms with van der Waals surface area (Å²) in [5.74, 6) is -2.76. The number of hydrogen-bond donors (Lipinski definition) is 1. The molecule has 10 nitrogen and oxygen atoms in total. The van der Waals surface area contributed by atoms with Crippen LogP contribution in [0.2, 0.25) is 5.02 Å². The van der Waals surface area contributed by atoms with Crippen molar-refractivity contribution in [2.75, 3.05) is 11.9 Å². The quantitative estimate of drug-likeness (QED) is 0.325. The van der Waals surface area contributed by atoms with Gasteiger partial charge in [0.15, 0.2) is 11.3 Å². The highest BCUT2D eigenvalue weighted by atomic mass is 35.5. The van der Waals surface area contributed by atoms with Gasteiger partial charge in [-0.3, -0.25) is 4.98 Å². The number of fused-ring (bicyclic) bond motifs is 2. The molecule has 0 aliphatic rings. The van der Waals surface area contributed by atoms with Crippen LogP contribution in [-0.2, 0) is 11.2 Å². The summed E-state index contributed by atoms with van der Waals surface area (Å²) in [5.41, 5.74) is 2.17. The van der Waals surface area contributed by atoms with Gasteiger partial charge >= 0.3 is 12.1 Å². The van der Waals surface area contributed by atoms with Gasteiger partial charge in [-0.15, -0.1) is 9.83 Å². The number of aromatic nitrogens is 7. The molecule has 1 aromatic carbocycles. The number of hydrogen-bond acceptors (Lipinski definition) is 9. The molecule has 0 unspecified atom stereocenters. The van der Waals surface area contributed by atoms with Crippen LogP contribution in [0.25, 0.3) is 33.2 Å². The van der Waals surface area contributed by atoms with E-state index in [1.165, 1.54) is 18.5 Å². The smallest absolute Gasteiger partial charge is 0.368 e. The van der Waals surface area contributed by atoms with Crippen molar-refractivity contribution in [1.82, 2.24) is 34.9 Å². The van der Waals surface area contributed by atoms with Gasteiger partial charge in [0.05, 0.1) is 17.4 Å². The summed E-state index contributed by atoms with van der Waals surface area (Å²) in [5, 5.41) is 12.2. The van der Waals surface area contributed by atoms with Crippen LogP contribution in [0.3, 0.4) is 0 Å². The minimum atomic E-state index is -5.19. The minimum absolute atomic E-state index is 0.0782. The number of halogens is 5. The molecule has 0 atom stereocenters. The summed E-state index contributed by atoms with van der Waals surface area (Å²) in [4.78, 5) is 31.3. The molecule has 37 heavy (non-hydrogen) atoms. The fourth-order valence-corrected chi connectivity index (χ4v) is 3.98. The summed E-state index contributed by atoms with van der Waals surface area (Å²) in [6.07, 6.45) is 1.19. The van der Waals surface area contributed by atoms with Gasteiger partial charge in [-0.2, -0.15) is 18.3 Å². The standard InChI is InChI=1S/C22H13ClF4N8O2/c23-15-6-11(16(12-5-13(24)8-28-7-12)17-14(15)2-4-33-34-17)1-3-29-19-18-20(31-9-30-19)35(10-32-18)37-21(36)22(25,26)27/h2,4-10H,1,3H2,(H,29,30,31). The number of imidazole rings is 1. The van der Waals surface area contributed by atoms with E-state index in [4.69, 9.17) is 11.6 Å². The zero-order chi connectivity index (χ0) is 26.2. The van der Waals surface area contributed by atoms with Crippen LogP contribution in [-0.4, -0.2) is 53.6 Å². The van der Waals surface area contributed by atoms with Crippen LogP contribution in [0.5, 0.6) is 0 Å². The lowest BCUT2D eigenvalue weighted by molar-refractivity contribution is -0.199. The Hall–Kier alpha value is -4.46. The van der Waals surface area contributed by atoms with Crippen LogP contribution in [0.4, 0.5) is 23.4 Å². The first-order valence-electron chi connectivity index (χ1n) is 10.5. The maximum Gasteiger partial charge on any atom is 0.493 e. The molecule has 0 amide bonds. The summed E-state index contributed by atoms with van der Waals surface area (Å²) >= 11 is 6.47. The molecular formula is C22H13ClF4N8O2. The number of carbonyl (C=O) groups is 1.